The first-order valence-electron chi connectivity index (χ1n) is 6.45. The van der Waals surface area contributed by atoms with Gasteiger partial charge in [0, 0.05) is 19.1 Å². The number of carbonyl (C=O) groups excluding carboxylic acids is 1. The number of nitrogens with one attached hydrogen (secondary N) is 1. The second-order valence-corrected chi connectivity index (χ2v) is 5.48. The molecule has 1 unspecified atom stereocenters. The van der Waals surface area contributed by atoms with Crippen LogP contribution in [0.15, 0.2) is 0 Å². The van der Waals surface area contributed by atoms with Crippen LogP contribution in [0.25, 0.3) is 0 Å². The van der Waals surface area contributed by atoms with Crippen LogP contribution in [-0.4, -0.2) is 65.2 Å². The van der Waals surface area contributed by atoms with E-state index in [1.807, 2.05) is 14.0 Å². The number of hydrogen-bond donors (Lipinski definition) is 2. The Morgan fingerprint density at radius 2 is 2.00 bits per heavy atom. The van der Waals surface area contributed by atoms with Crippen molar-refractivity contribution in [2.75, 3.05) is 26.7 Å². The van der Waals surface area contributed by atoms with Crippen LogP contribution in [0.4, 0.5) is 4.79 Å². The minimum atomic E-state index is -0.991. The Kier molecular flexibility index (Phi) is 3.47. The SMILES string of the molecule is CC1CN(C)CCCN1C(=O)NC1(C(=O)O)CC1. The molecule has 2 fully saturated rings. The number of nitrogens with zero attached hydrogens (tertiary/aromatic N) is 2. The van der Waals surface area contributed by atoms with Gasteiger partial charge in [-0.1, -0.05) is 0 Å². The quantitative estimate of drug-likeness (QED) is 0.746. The van der Waals surface area contributed by atoms with E-state index in [2.05, 4.69) is 10.2 Å². The van der Waals surface area contributed by atoms with Gasteiger partial charge >= 0.3 is 12.0 Å². The van der Waals surface area contributed by atoms with Crippen molar-refractivity contribution < 1.29 is 14.7 Å². The molecule has 0 spiro atoms. The van der Waals surface area contributed by atoms with Crippen LogP contribution in [0.1, 0.15) is 26.2 Å². The van der Waals surface area contributed by atoms with Gasteiger partial charge in [-0.2, -0.15) is 0 Å². The number of carboxylic acids is 1. The summed E-state index contributed by atoms with van der Waals surface area (Å²) >= 11 is 0. The molecule has 1 aliphatic carbocycles. The Labute approximate surface area is 107 Å². The molecule has 2 amide bonds. The van der Waals surface area contributed by atoms with Crippen molar-refractivity contribution in [3.05, 3.63) is 0 Å². The maximum absolute atomic E-state index is 12.2. The van der Waals surface area contributed by atoms with Crippen LogP contribution < -0.4 is 5.32 Å². The van der Waals surface area contributed by atoms with E-state index >= 15 is 0 Å². The maximum atomic E-state index is 12.2. The summed E-state index contributed by atoms with van der Waals surface area (Å²) in [6.45, 7) is 4.49. The molecule has 0 aromatic carbocycles. The van der Waals surface area contributed by atoms with Crippen LogP contribution in [0, 0.1) is 0 Å². The van der Waals surface area contributed by atoms with Crippen LogP contribution >= 0.6 is 0 Å². The summed E-state index contributed by atoms with van der Waals surface area (Å²) in [6.07, 6.45) is 2.00. The number of hydrogen-bond acceptors (Lipinski definition) is 3. The molecule has 0 radical (unpaired) electrons. The van der Waals surface area contributed by atoms with E-state index < -0.39 is 11.5 Å². The molecular weight excluding hydrogens is 234 g/mol. The summed E-state index contributed by atoms with van der Waals surface area (Å²) in [5.74, 6) is -0.921. The highest BCUT2D eigenvalue weighted by atomic mass is 16.4. The summed E-state index contributed by atoms with van der Waals surface area (Å²) in [5, 5.41) is 11.8. The number of aliphatic carboxylic acids is 1. The van der Waals surface area contributed by atoms with Gasteiger partial charge in [0.15, 0.2) is 0 Å². The second-order valence-electron chi connectivity index (χ2n) is 5.48. The van der Waals surface area contributed by atoms with Crippen molar-refractivity contribution in [2.24, 2.45) is 0 Å². The molecule has 6 nitrogen and oxygen atoms in total. The molecule has 0 aromatic heterocycles. The van der Waals surface area contributed by atoms with Gasteiger partial charge in [-0.3, -0.25) is 0 Å². The fourth-order valence-corrected chi connectivity index (χ4v) is 2.47. The Balaban J connectivity index is 1.98. The van der Waals surface area contributed by atoms with Crippen LogP contribution in [0.2, 0.25) is 0 Å². The minimum absolute atomic E-state index is 0.113. The average Bonchev–Trinajstić information content (AvgIpc) is 3.05. The van der Waals surface area contributed by atoms with Gasteiger partial charge < -0.3 is 20.2 Å². The van der Waals surface area contributed by atoms with E-state index in [9.17, 15) is 9.59 Å². The maximum Gasteiger partial charge on any atom is 0.329 e. The van der Waals surface area contributed by atoms with E-state index in [-0.39, 0.29) is 12.1 Å². The number of carboxylic acid groups (broad SMARTS) is 1. The molecule has 6 heteroatoms. The van der Waals surface area contributed by atoms with Gasteiger partial charge in [-0.15, -0.1) is 0 Å². The lowest BCUT2D eigenvalue weighted by atomic mass is 10.2. The minimum Gasteiger partial charge on any atom is -0.480 e. The number of carbonyl (C=O) groups is 2. The van der Waals surface area contributed by atoms with Crippen molar-refractivity contribution >= 4 is 12.0 Å². The van der Waals surface area contributed by atoms with Gasteiger partial charge in [-0.25, -0.2) is 9.59 Å². The van der Waals surface area contributed by atoms with E-state index in [1.54, 1.807) is 4.90 Å². The normalized spacial score (nSPS) is 27.4. The summed E-state index contributed by atoms with van der Waals surface area (Å²) in [6, 6.07) is -0.125. The summed E-state index contributed by atoms with van der Waals surface area (Å²) < 4.78 is 0. The van der Waals surface area contributed by atoms with Gasteiger partial charge in [0.1, 0.15) is 5.54 Å². The van der Waals surface area contributed by atoms with Gasteiger partial charge in [0.25, 0.3) is 0 Å². The summed E-state index contributed by atoms with van der Waals surface area (Å²) in [7, 11) is 2.04. The topological polar surface area (TPSA) is 72.9 Å². The zero-order chi connectivity index (χ0) is 13.3. The highest BCUT2D eigenvalue weighted by Gasteiger charge is 2.52. The zero-order valence-electron chi connectivity index (χ0n) is 11.0. The number of likely N-dealkylation sites (N-methyl/N-ethyl adjacent to an activating group) is 1. The lowest BCUT2D eigenvalue weighted by Crippen LogP contribution is -2.53. The fraction of sp³-hybridized carbons (Fsp3) is 0.833. The van der Waals surface area contributed by atoms with Gasteiger partial charge in [-0.05, 0) is 39.8 Å². The first-order valence-corrected chi connectivity index (χ1v) is 6.45. The Bertz CT molecular complexity index is 354. The molecule has 0 bridgehead atoms. The Morgan fingerprint density at radius 1 is 1.33 bits per heavy atom. The predicted octanol–water partition coefficient (Wildman–Crippen LogP) is 0.339. The molecule has 1 aliphatic heterocycles. The van der Waals surface area contributed by atoms with Crippen molar-refractivity contribution in [1.82, 2.24) is 15.1 Å². The summed E-state index contributed by atoms with van der Waals surface area (Å²) in [5.41, 5.74) is -0.991. The Hall–Kier alpha value is -1.30. The molecular formula is C12H21N3O3. The number of rotatable bonds is 2. The van der Waals surface area contributed by atoms with Gasteiger partial charge in [0.05, 0.1) is 0 Å². The predicted molar refractivity (Wildman–Crippen MR) is 66.4 cm³/mol. The third-order valence-electron chi connectivity index (χ3n) is 3.81. The third-order valence-corrected chi connectivity index (χ3v) is 3.81. The van der Waals surface area contributed by atoms with Crippen LogP contribution in [0.5, 0.6) is 0 Å². The molecule has 0 aromatic rings. The first-order chi connectivity index (χ1) is 8.44. The molecule has 1 saturated heterocycles. The molecule has 18 heavy (non-hydrogen) atoms. The molecule has 2 N–H and O–H groups in total. The average molecular weight is 255 g/mol. The van der Waals surface area contributed by atoms with E-state index in [4.69, 9.17) is 5.11 Å². The standard InChI is InChI=1S/C12H21N3O3/c1-9-8-14(2)6-3-7-15(9)11(18)13-12(4-5-12)10(16)17/h9H,3-8H2,1-2H3,(H,13,18)(H,16,17). The lowest BCUT2D eigenvalue weighted by molar-refractivity contribution is -0.140. The molecule has 2 aliphatic rings. The highest BCUT2D eigenvalue weighted by Crippen LogP contribution is 2.35. The first kappa shape index (κ1) is 13.1. The van der Waals surface area contributed by atoms with E-state index in [0.29, 0.717) is 19.4 Å². The molecule has 102 valence electrons. The van der Waals surface area contributed by atoms with Crippen LogP contribution in [0.3, 0.4) is 0 Å². The third kappa shape index (κ3) is 2.58. The second kappa shape index (κ2) is 4.76. The molecule has 1 atom stereocenters. The molecule has 1 saturated carbocycles. The molecule has 2 rings (SSSR count). The van der Waals surface area contributed by atoms with Crippen molar-refractivity contribution in [3.63, 3.8) is 0 Å². The molecule has 1 heterocycles. The van der Waals surface area contributed by atoms with Gasteiger partial charge in [0.2, 0.25) is 0 Å². The van der Waals surface area contributed by atoms with E-state index in [1.165, 1.54) is 0 Å². The summed E-state index contributed by atoms with van der Waals surface area (Å²) in [4.78, 5) is 27.2. The fourth-order valence-electron chi connectivity index (χ4n) is 2.47. The zero-order valence-corrected chi connectivity index (χ0v) is 11.0. The monoisotopic (exact) mass is 255 g/mol. The Morgan fingerprint density at radius 3 is 2.56 bits per heavy atom. The van der Waals surface area contributed by atoms with Crippen LogP contribution in [-0.2, 0) is 4.79 Å². The lowest BCUT2D eigenvalue weighted by Gasteiger charge is -2.29. The number of amides is 2. The highest BCUT2D eigenvalue weighted by molar-refractivity contribution is 5.89. The smallest absolute Gasteiger partial charge is 0.329 e. The van der Waals surface area contributed by atoms with Crippen molar-refractivity contribution in [2.45, 2.75) is 37.8 Å². The number of urea groups is 1. The largest absolute Gasteiger partial charge is 0.480 e. The van der Waals surface area contributed by atoms with E-state index in [0.717, 1.165) is 19.5 Å². The van der Waals surface area contributed by atoms with Crippen molar-refractivity contribution in [1.29, 1.82) is 0 Å². The van der Waals surface area contributed by atoms with Crippen molar-refractivity contribution in [3.8, 4) is 0 Å².